The number of amides is 1. The minimum absolute atomic E-state index is 0.116. The molecule has 4 heteroatoms. The van der Waals surface area contributed by atoms with Gasteiger partial charge in [-0.2, -0.15) is 0 Å². The Morgan fingerprint density at radius 3 is 2.50 bits per heavy atom. The van der Waals surface area contributed by atoms with Crippen LogP contribution >= 0.6 is 0 Å². The van der Waals surface area contributed by atoms with Crippen molar-refractivity contribution in [2.45, 2.75) is 38.7 Å². The Kier molecular flexibility index (Phi) is 4.04. The second-order valence-electron chi connectivity index (χ2n) is 6.29. The molecule has 0 bridgehead atoms. The van der Waals surface area contributed by atoms with E-state index in [-0.39, 0.29) is 17.9 Å². The number of nitrogens with zero attached hydrogens (tertiary/aromatic N) is 1. The van der Waals surface area contributed by atoms with Crippen LogP contribution in [0.25, 0.3) is 0 Å². The SMILES string of the molecule is CC(O)C1CCN(C(=O)C(C)(C)c2ccc(N)cc2)C1. The van der Waals surface area contributed by atoms with Crippen molar-refractivity contribution in [1.82, 2.24) is 4.90 Å². The number of aliphatic hydroxyl groups excluding tert-OH is 1. The Hall–Kier alpha value is -1.55. The van der Waals surface area contributed by atoms with Gasteiger partial charge in [-0.05, 0) is 44.9 Å². The summed E-state index contributed by atoms with van der Waals surface area (Å²) in [6.07, 6.45) is 0.522. The molecule has 110 valence electrons. The van der Waals surface area contributed by atoms with Gasteiger partial charge >= 0.3 is 0 Å². The minimum Gasteiger partial charge on any atom is -0.399 e. The number of nitrogens with two attached hydrogens (primary N) is 1. The van der Waals surface area contributed by atoms with Crippen LogP contribution in [-0.2, 0) is 10.2 Å². The maximum absolute atomic E-state index is 12.7. The van der Waals surface area contributed by atoms with Crippen molar-refractivity contribution < 1.29 is 9.90 Å². The molecule has 1 fully saturated rings. The van der Waals surface area contributed by atoms with Crippen LogP contribution in [0.1, 0.15) is 32.8 Å². The molecule has 0 radical (unpaired) electrons. The lowest BCUT2D eigenvalue weighted by Gasteiger charge is -2.30. The van der Waals surface area contributed by atoms with Gasteiger partial charge in [-0.1, -0.05) is 12.1 Å². The molecule has 1 saturated heterocycles. The summed E-state index contributed by atoms with van der Waals surface area (Å²) < 4.78 is 0. The molecule has 1 amide bonds. The molecule has 1 aromatic carbocycles. The average Bonchev–Trinajstić information content (AvgIpc) is 2.88. The predicted octanol–water partition coefficient (Wildman–Crippen LogP) is 1.78. The zero-order chi connectivity index (χ0) is 14.9. The maximum atomic E-state index is 12.7. The van der Waals surface area contributed by atoms with E-state index in [9.17, 15) is 9.90 Å². The molecule has 20 heavy (non-hydrogen) atoms. The van der Waals surface area contributed by atoms with E-state index in [1.54, 1.807) is 6.92 Å². The molecule has 2 rings (SSSR count). The number of benzene rings is 1. The second kappa shape index (κ2) is 5.44. The van der Waals surface area contributed by atoms with Gasteiger partial charge in [-0.15, -0.1) is 0 Å². The van der Waals surface area contributed by atoms with Crippen LogP contribution in [0, 0.1) is 5.92 Å². The highest BCUT2D eigenvalue weighted by Crippen LogP contribution is 2.30. The van der Waals surface area contributed by atoms with Gasteiger partial charge in [0.1, 0.15) is 0 Å². The zero-order valence-corrected chi connectivity index (χ0v) is 12.5. The fourth-order valence-corrected chi connectivity index (χ4v) is 2.78. The molecule has 2 atom stereocenters. The molecule has 0 aliphatic carbocycles. The van der Waals surface area contributed by atoms with Crippen molar-refractivity contribution in [3.8, 4) is 0 Å². The summed E-state index contributed by atoms with van der Waals surface area (Å²) >= 11 is 0. The number of hydrogen-bond acceptors (Lipinski definition) is 3. The molecule has 3 N–H and O–H groups in total. The summed E-state index contributed by atoms with van der Waals surface area (Å²) in [7, 11) is 0. The van der Waals surface area contributed by atoms with Gasteiger partial charge in [-0.3, -0.25) is 4.79 Å². The van der Waals surface area contributed by atoms with E-state index < -0.39 is 5.41 Å². The monoisotopic (exact) mass is 276 g/mol. The van der Waals surface area contributed by atoms with Crippen molar-refractivity contribution in [3.63, 3.8) is 0 Å². The maximum Gasteiger partial charge on any atom is 0.232 e. The van der Waals surface area contributed by atoms with E-state index in [2.05, 4.69) is 0 Å². The third kappa shape index (κ3) is 2.80. The van der Waals surface area contributed by atoms with E-state index in [1.807, 2.05) is 43.0 Å². The van der Waals surface area contributed by atoms with Gasteiger partial charge in [0.25, 0.3) is 0 Å². The molecular weight excluding hydrogens is 252 g/mol. The predicted molar refractivity (Wildman–Crippen MR) is 80.2 cm³/mol. The first-order valence-corrected chi connectivity index (χ1v) is 7.16. The standard InChI is InChI=1S/C16H24N2O2/c1-11(19)12-8-9-18(10-12)15(20)16(2,3)13-4-6-14(17)7-5-13/h4-7,11-12,19H,8-10,17H2,1-3H3. The molecule has 0 aromatic heterocycles. The van der Waals surface area contributed by atoms with Crippen molar-refractivity contribution in [1.29, 1.82) is 0 Å². The first-order valence-electron chi connectivity index (χ1n) is 7.16. The van der Waals surface area contributed by atoms with Crippen LogP contribution < -0.4 is 5.73 Å². The summed E-state index contributed by atoms with van der Waals surface area (Å²) in [6.45, 7) is 7.05. The Morgan fingerprint density at radius 1 is 1.40 bits per heavy atom. The Balaban J connectivity index is 2.13. The third-order valence-corrected chi connectivity index (χ3v) is 4.36. The van der Waals surface area contributed by atoms with Gasteiger partial charge < -0.3 is 15.7 Å². The van der Waals surface area contributed by atoms with Crippen LogP contribution in [0.5, 0.6) is 0 Å². The highest BCUT2D eigenvalue weighted by molar-refractivity contribution is 5.87. The van der Waals surface area contributed by atoms with Crippen LogP contribution in [0.3, 0.4) is 0 Å². The number of carbonyl (C=O) groups is 1. The first-order chi connectivity index (χ1) is 9.32. The zero-order valence-electron chi connectivity index (χ0n) is 12.5. The van der Waals surface area contributed by atoms with Gasteiger partial charge in [0, 0.05) is 24.7 Å². The first kappa shape index (κ1) is 14.9. The van der Waals surface area contributed by atoms with Crippen molar-refractivity contribution in [3.05, 3.63) is 29.8 Å². The average molecular weight is 276 g/mol. The molecule has 1 aromatic rings. The molecule has 1 aliphatic rings. The number of hydrogen-bond donors (Lipinski definition) is 2. The lowest BCUT2D eigenvalue weighted by atomic mass is 9.83. The summed E-state index contributed by atoms with van der Waals surface area (Å²) in [5, 5.41) is 9.65. The van der Waals surface area contributed by atoms with Gasteiger partial charge in [0.2, 0.25) is 5.91 Å². The van der Waals surface area contributed by atoms with E-state index in [0.717, 1.165) is 18.5 Å². The van der Waals surface area contributed by atoms with E-state index >= 15 is 0 Å². The second-order valence-corrected chi connectivity index (χ2v) is 6.29. The minimum atomic E-state index is -0.568. The van der Waals surface area contributed by atoms with Crippen LogP contribution in [-0.4, -0.2) is 35.1 Å². The number of likely N-dealkylation sites (tertiary alicyclic amines) is 1. The fourth-order valence-electron chi connectivity index (χ4n) is 2.78. The number of aliphatic hydroxyl groups is 1. The Morgan fingerprint density at radius 2 is 2.00 bits per heavy atom. The number of rotatable bonds is 3. The lowest BCUT2D eigenvalue weighted by molar-refractivity contribution is -0.135. The molecule has 0 saturated carbocycles. The van der Waals surface area contributed by atoms with Gasteiger partial charge in [-0.25, -0.2) is 0 Å². The Labute approximate surface area is 120 Å². The molecule has 2 unspecified atom stereocenters. The van der Waals surface area contributed by atoms with Crippen LogP contribution in [0.4, 0.5) is 5.69 Å². The van der Waals surface area contributed by atoms with Crippen molar-refractivity contribution in [2.75, 3.05) is 18.8 Å². The van der Waals surface area contributed by atoms with Gasteiger partial charge in [0.05, 0.1) is 11.5 Å². The molecular formula is C16H24N2O2. The van der Waals surface area contributed by atoms with Crippen LogP contribution in [0.2, 0.25) is 0 Å². The molecule has 4 nitrogen and oxygen atoms in total. The Bertz CT molecular complexity index is 480. The van der Waals surface area contributed by atoms with E-state index in [0.29, 0.717) is 12.2 Å². The number of nitrogen functional groups attached to an aromatic ring is 1. The summed E-state index contributed by atoms with van der Waals surface area (Å²) in [6, 6.07) is 7.48. The van der Waals surface area contributed by atoms with E-state index in [4.69, 9.17) is 5.73 Å². The van der Waals surface area contributed by atoms with E-state index in [1.165, 1.54) is 0 Å². The third-order valence-electron chi connectivity index (χ3n) is 4.36. The topological polar surface area (TPSA) is 66.6 Å². The van der Waals surface area contributed by atoms with Crippen molar-refractivity contribution >= 4 is 11.6 Å². The fraction of sp³-hybridized carbons (Fsp3) is 0.562. The largest absolute Gasteiger partial charge is 0.399 e. The summed E-state index contributed by atoms with van der Waals surface area (Å²) in [5.41, 5.74) is 6.80. The summed E-state index contributed by atoms with van der Waals surface area (Å²) in [5.74, 6) is 0.312. The van der Waals surface area contributed by atoms with Gasteiger partial charge in [0.15, 0.2) is 0 Å². The van der Waals surface area contributed by atoms with Crippen molar-refractivity contribution in [2.24, 2.45) is 5.92 Å². The smallest absolute Gasteiger partial charge is 0.232 e. The number of anilines is 1. The molecule has 1 aliphatic heterocycles. The quantitative estimate of drug-likeness (QED) is 0.827. The lowest BCUT2D eigenvalue weighted by Crippen LogP contribution is -2.42. The highest BCUT2D eigenvalue weighted by atomic mass is 16.3. The molecule has 1 heterocycles. The highest BCUT2D eigenvalue weighted by Gasteiger charge is 2.37. The normalized spacial score (nSPS) is 21.0. The summed E-state index contributed by atoms with van der Waals surface area (Å²) in [4.78, 5) is 14.6. The number of carbonyl (C=O) groups excluding carboxylic acids is 1. The van der Waals surface area contributed by atoms with Crippen LogP contribution in [0.15, 0.2) is 24.3 Å². The molecule has 0 spiro atoms.